The van der Waals surface area contributed by atoms with E-state index in [1.165, 1.54) is 27.7 Å². The number of fused-ring (bicyclic) bond motifs is 6. The number of hydrogen-bond acceptors (Lipinski definition) is 4. The molecule has 0 amide bonds. The van der Waals surface area contributed by atoms with Gasteiger partial charge in [-0.05, 0) is 71.4 Å². The Hall–Kier alpha value is -5.88. The van der Waals surface area contributed by atoms with Crippen molar-refractivity contribution in [2.24, 2.45) is 5.73 Å². The third-order valence-corrected chi connectivity index (χ3v) is 10.4. The van der Waals surface area contributed by atoms with E-state index in [4.69, 9.17) is 10.2 Å². The predicted molar refractivity (Wildman–Crippen MR) is 210 cm³/mol. The summed E-state index contributed by atoms with van der Waals surface area (Å²) in [6, 6.07) is 42.3. The molecule has 2 heterocycles. The second-order valence-electron chi connectivity index (χ2n) is 13.5. The Morgan fingerprint density at radius 2 is 1.59 bits per heavy atom. The number of aryl methyl sites for hydroxylation is 1. The summed E-state index contributed by atoms with van der Waals surface area (Å²) < 4.78 is 9.10. The molecule has 0 bridgehead atoms. The molecule has 2 aromatic heterocycles. The average molecular weight is 665 g/mol. The highest BCUT2D eigenvalue weighted by molar-refractivity contribution is 6.10. The van der Waals surface area contributed by atoms with Crippen LogP contribution in [-0.2, 0) is 6.42 Å². The Labute approximate surface area is 298 Å². The van der Waals surface area contributed by atoms with Gasteiger partial charge in [0, 0.05) is 33.5 Å². The molecule has 5 aromatic carbocycles. The van der Waals surface area contributed by atoms with E-state index in [2.05, 4.69) is 155 Å². The highest BCUT2D eigenvalue weighted by Crippen LogP contribution is 2.40. The van der Waals surface area contributed by atoms with Gasteiger partial charge in [-0.1, -0.05) is 134 Å². The van der Waals surface area contributed by atoms with Gasteiger partial charge in [-0.15, -0.1) is 0 Å². The molecular weight excluding hydrogens is 625 g/mol. The second kappa shape index (κ2) is 13.1. The van der Waals surface area contributed by atoms with Crippen LogP contribution in [0.5, 0.6) is 0 Å². The summed E-state index contributed by atoms with van der Waals surface area (Å²) in [5.41, 5.74) is 18.9. The molecule has 5 heteroatoms. The van der Waals surface area contributed by atoms with E-state index in [9.17, 15) is 0 Å². The van der Waals surface area contributed by atoms with Gasteiger partial charge >= 0.3 is 0 Å². The van der Waals surface area contributed by atoms with Crippen molar-refractivity contribution in [3.63, 3.8) is 0 Å². The van der Waals surface area contributed by atoms with E-state index < -0.39 is 6.17 Å². The fourth-order valence-electron chi connectivity index (χ4n) is 7.93. The number of furan rings is 1. The van der Waals surface area contributed by atoms with E-state index in [1.807, 2.05) is 18.2 Å². The SMILES string of the molecule is C=C(NC(NC(N)c1cccc2oc3c(-n4c5c(c6ccccc64)CCC=C5)cccc3c12)c1ccccc1)C1=CCC(c2ccccc2)C=C1. The van der Waals surface area contributed by atoms with Crippen molar-refractivity contribution in [1.82, 2.24) is 15.2 Å². The van der Waals surface area contributed by atoms with Crippen LogP contribution in [0.2, 0.25) is 0 Å². The Kier molecular flexibility index (Phi) is 8.00. The summed E-state index contributed by atoms with van der Waals surface area (Å²) in [5.74, 6) is 0.364. The number of nitrogens with zero attached hydrogens (tertiary/aromatic N) is 1. The molecule has 2 aliphatic rings. The fourth-order valence-corrected chi connectivity index (χ4v) is 7.93. The predicted octanol–water partition coefficient (Wildman–Crippen LogP) is 10.5. The van der Waals surface area contributed by atoms with Gasteiger partial charge in [0.25, 0.3) is 0 Å². The van der Waals surface area contributed by atoms with Crippen molar-refractivity contribution < 1.29 is 4.42 Å². The van der Waals surface area contributed by atoms with E-state index >= 15 is 0 Å². The smallest absolute Gasteiger partial charge is 0.159 e. The largest absolute Gasteiger partial charge is 0.454 e. The highest BCUT2D eigenvalue weighted by atomic mass is 16.3. The van der Waals surface area contributed by atoms with Crippen LogP contribution in [0.25, 0.3) is 44.6 Å². The standard InChI is InChI=1S/C46H40N4O/c1-30(31-26-28-33(29-27-31)32-14-4-2-5-15-32)48-46(34-16-6-3-7-17-34)49-45(47)38-21-13-25-42-43(38)37-20-12-24-41(44(37)51-42)50-39-22-10-8-18-35(39)36-19-9-11-23-40(36)50/h2-8,10-18,20-28,33,45-46,48-49H,1,9,19,29,47H2. The van der Waals surface area contributed by atoms with Crippen molar-refractivity contribution in [2.45, 2.75) is 37.5 Å². The van der Waals surface area contributed by atoms with Crippen molar-refractivity contribution in [2.75, 3.05) is 0 Å². The van der Waals surface area contributed by atoms with Crippen LogP contribution in [0.3, 0.4) is 0 Å². The maximum absolute atomic E-state index is 7.12. The minimum Gasteiger partial charge on any atom is -0.454 e. The minimum atomic E-state index is -0.509. The summed E-state index contributed by atoms with van der Waals surface area (Å²) in [4.78, 5) is 0. The molecule has 7 aromatic rings. The average Bonchev–Trinajstić information content (AvgIpc) is 3.74. The first-order valence-electron chi connectivity index (χ1n) is 17.8. The van der Waals surface area contributed by atoms with Crippen LogP contribution < -0.4 is 16.4 Å². The lowest BCUT2D eigenvalue weighted by Gasteiger charge is -2.28. The van der Waals surface area contributed by atoms with Crippen LogP contribution in [0.15, 0.2) is 168 Å². The fraction of sp³-hybridized carbons (Fsp3) is 0.130. The van der Waals surface area contributed by atoms with E-state index in [0.29, 0.717) is 5.92 Å². The Morgan fingerprint density at radius 1 is 0.824 bits per heavy atom. The third kappa shape index (κ3) is 5.61. The maximum Gasteiger partial charge on any atom is 0.159 e. The summed E-state index contributed by atoms with van der Waals surface area (Å²) >= 11 is 0. The molecule has 9 rings (SSSR count). The first-order chi connectivity index (χ1) is 25.1. The van der Waals surface area contributed by atoms with Crippen molar-refractivity contribution >= 4 is 38.9 Å². The van der Waals surface area contributed by atoms with Crippen molar-refractivity contribution in [3.8, 4) is 5.69 Å². The quantitative estimate of drug-likeness (QED) is 0.134. The molecule has 0 saturated heterocycles. The molecule has 250 valence electrons. The number of rotatable bonds is 9. The molecule has 3 atom stereocenters. The lowest BCUT2D eigenvalue weighted by atomic mass is 9.89. The minimum absolute atomic E-state index is 0.289. The van der Waals surface area contributed by atoms with Gasteiger partial charge in [0.1, 0.15) is 11.7 Å². The van der Waals surface area contributed by atoms with Crippen LogP contribution >= 0.6 is 0 Å². The molecule has 5 nitrogen and oxygen atoms in total. The Morgan fingerprint density at radius 3 is 2.41 bits per heavy atom. The number of nitrogens with one attached hydrogen (secondary N) is 2. The zero-order valence-electron chi connectivity index (χ0n) is 28.4. The molecule has 0 aliphatic heterocycles. The maximum atomic E-state index is 7.12. The van der Waals surface area contributed by atoms with Gasteiger partial charge in [0.2, 0.25) is 0 Å². The summed E-state index contributed by atoms with van der Waals surface area (Å²) in [6.07, 6.45) is 13.5. The van der Waals surface area contributed by atoms with Gasteiger partial charge in [0.15, 0.2) is 5.58 Å². The molecule has 0 fully saturated rings. The van der Waals surface area contributed by atoms with Gasteiger partial charge in [0.05, 0.1) is 17.4 Å². The number of benzene rings is 5. The van der Waals surface area contributed by atoms with Gasteiger partial charge < -0.3 is 20.0 Å². The monoisotopic (exact) mass is 664 g/mol. The lowest BCUT2D eigenvalue weighted by molar-refractivity contribution is 0.417. The second-order valence-corrected chi connectivity index (χ2v) is 13.5. The number of allylic oxidation sites excluding steroid dienone is 4. The topological polar surface area (TPSA) is 68.2 Å². The highest BCUT2D eigenvalue weighted by Gasteiger charge is 2.24. The Balaban J connectivity index is 1.05. The van der Waals surface area contributed by atoms with Crippen LogP contribution in [0, 0.1) is 0 Å². The number of nitrogens with two attached hydrogens (primary N) is 1. The number of aromatic nitrogens is 1. The van der Waals surface area contributed by atoms with Gasteiger partial charge in [-0.25, -0.2) is 0 Å². The van der Waals surface area contributed by atoms with Gasteiger partial charge in [-0.2, -0.15) is 0 Å². The van der Waals surface area contributed by atoms with E-state index in [1.54, 1.807) is 0 Å². The number of hydrogen-bond donors (Lipinski definition) is 3. The third-order valence-electron chi connectivity index (χ3n) is 10.4. The molecule has 2 aliphatic carbocycles. The summed E-state index contributed by atoms with van der Waals surface area (Å²) in [6.45, 7) is 4.46. The van der Waals surface area contributed by atoms with Crippen LogP contribution in [0.1, 0.15) is 59.0 Å². The molecule has 51 heavy (non-hydrogen) atoms. The lowest BCUT2D eigenvalue weighted by Crippen LogP contribution is -2.39. The van der Waals surface area contributed by atoms with E-state index in [-0.39, 0.29) is 6.17 Å². The summed E-state index contributed by atoms with van der Waals surface area (Å²) in [7, 11) is 0. The van der Waals surface area contributed by atoms with Crippen molar-refractivity contribution in [1.29, 1.82) is 0 Å². The molecule has 3 unspecified atom stereocenters. The first kappa shape index (κ1) is 31.1. The van der Waals surface area contributed by atoms with Crippen molar-refractivity contribution in [3.05, 3.63) is 191 Å². The van der Waals surface area contributed by atoms with Gasteiger partial charge in [-0.3, -0.25) is 5.32 Å². The molecule has 0 spiro atoms. The molecule has 4 N–H and O–H groups in total. The molecule has 0 saturated carbocycles. The first-order valence-corrected chi connectivity index (χ1v) is 17.8. The molecular formula is C46H40N4O. The Bertz CT molecular complexity index is 2500. The number of para-hydroxylation sites is 2. The zero-order valence-corrected chi connectivity index (χ0v) is 28.4. The summed E-state index contributed by atoms with van der Waals surface area (Å²) in [5, 5.41) is 10.7. The van der Waals surface area contributed by atoms with Crippen LogP contribution in [-0.4, -0.2) is 4.57 Å². The van der Waals surface area contributed by atoms with E-state index in [0.717, 1.165) is 69.3 Å². The zero-order chi connectivity index (χ0) is 34.3. The van der Waals surface area contributed by atoms with Crippen LogP contribution in [0.4, 0.5) is 0 Å². The normalized spacial score (nSPS) is 16.6. The molecule has 0 radical (unpaired) electrons.